The van der Waals surface area contributed by atoms with Crippen molar-refractivity contribution in [3.63, 3.8) is 0 Å². The first-order chi connectivity index (χ1) is 17.0. The van der Waals surface area contributed by atoms with Crippen molar-refractivity contribution in [2.24, 2.45) is 0 Å². The summed E-state index contributed by atoms with van der Waals surface area (Å²) < 4.78 is 15.6. The third-order valence-electron chi connectivity index (χ3n) is 6.79. The number of rotatable bonds is 8. The van der Waals surface area contributed by atoms with Crippen LogP contribution in [-0.4, -0.2) is 69.9 Å². The topological polar surface area (TPSA) is 74.4 Å². The van der Waals surface area contributed by atoms with Crippen molar-refractivity contribution in [2.75, 3.05) is 43.6 Å². The Bertz CT molecular complexity index is 1190. The maximum atomic E-state index is 13.3. The van der Waals surface area contributed by atoms with Gasteiger partial charge in [0.15, 0.2) is 10.9 Å². The average Bonchev–Trinajstić information content (AvgIpc) is 3.59. The molecule has 2 aromatic heterocycles. The van der Waals surface area contributed by atoms with E-state index in [1.54, 1.807) is 0 Å². The molecule has 186 valence electrons. The minimum atomic E-state index is 0.105. The van der Waals surface area contributed by atoms with E-state index in [1.165, 1.54) is 11.8 Å². The summed E-state index contributed by atoms with van der Waals surface area (Å²) in [6, 6.07) is 10.3. The van der Waals surface area contributed by atoms with Crippen LogP contribution in [-0.2, 0) is 16.0 Å². The molecule has 0 saturated carbocycles. The molecule has 4 heterocycles. The number of aromatic nitrogens is 4. The maximum Gasteiger partial charge on any atom is 0.232 e. The third-order valence-corrected chi connectivity index (χ3v) is 7.72. The number of carbonyl (C=O) groups is 1. The molecule has 1 aromatic carbocycles. The number of anilines is 1. The Balaban J connectivity index is 1.37. The van der Waals surface area contributed by atoms with E-state index in [1.807, 2.05) is 19.1 Å². The van der Waals surface area contributed by atoms with Crippen molar-refractivity contribution in [2.45, 2.75) is 51.4 Å². The van der Waals surface area contributed by atoms with Crippen molar-refractivity contribution in [1.29, 1.82) is 0 Å². The summed E-state index contributed by atoms with van der Waals surface area (Å²) >= 11 is 1.44. The zero-order valence-electron chi connectivity index (χ0n) is 20.7. The minimum Gasteiger partial charge on any atom is -0.378 e. The molecule has 0 amide bonds. The fraction of sp³-hybridized carbons (Fsp3) is 0.500. The number of morpholine rings is 1. The summed E-state index contributed by atoms with van der Waals surface area (Å²) in [5.74, 6) is 1.20. The molecule has 2 aliphatic rings. The predicted molar refractivity (Wildman–Crippen MR) is 137 cm³/mol. The number of Topliss-reactive ketones (excluding diaryl/α,β-unsaturated/α-hetero) is 1. The third kappa shape index (κ3) is 5.17. The fourth-order valence-electron chi connectivity index (χ4n) is 4.88. The molecule has 1 atom stereocenters. The van der Waals surface area contributed by atoms with Gasteiger partial charge in [-0.3, -0.25) is 9.36 Å². The number of thioether (sulfide) groups is 1. The lowest BCUT2D eigenvalue weighted by atomic mass is 10.2. The molecule has 5 rings (SSSR count). The van der Waals surface area contributed by atoms with Crippen LogP contribution in [0, 0.1) is 20.8 Å². The van der Waals surface area contributed by atoms with E-state index >= 15 is 0 Å². The van der Waals surface area contributed by atoms with Gasteiger partial charge in [0.25, 0.3) is 0 Å². The van der Waals surface area contributed by atoms with Crippen LogP contribution in [0.25, 0.3) is 5.69 Å². The van der Waals surface area contributed by atoms with E-state index in [4.69, 9.17) is 9.47 Å². The molecule has 3 aromatic rings. The molecule has 0 N–H and O–H groups in total. The smallest absolute Gasteiger partial charge is 0.232 e. The van der Waals surface area contributed by atoms with Crippen molar-refractivity contribution in [1.82, 2.24) is 19.3 Å². The molecule has 8 nitrogen and oxygen atoms in total. The van der Waals surface area contributed by atoms with E-state index in [-0.39, 0.29) is 11.9 Å². The number of benzene rings is 1. The summed E-state index contributed by atoms with van der Waals surface area (Å²) in [6.07, 6.45) is 2.43. The molecule has 2 fully saturated rings. The first kappa shape index (κ1) is 24.1. The number of nitrogens with zero attached hydrogens (tertiary/aromatic N) is 5. The summed E-state index contributed by atoms with van der Waals surface area (Å²) in [7, 11) is 0. The first-order valence-electron chi connectivity index (χ1n) is 12.3. The first-order valence-corrected chi connectivity index (χ1v) is 13.3. The van der Waals surface area contributed by atoms with E-state index in [0.717, 1.165) is 78.4 Å². The van der Waals surface area contributed by atoms with Crippen LogP contribution in [0.3, 0.4) is 0 Å². The Morgan fingerprint density at radius 2 is 1.94 bits per heavy atom. The predicted octanol–water partition coefficient (Wildman–Crippen LogP) is 3.98. The molecule has 2 saturated heterocycles. The lowest BCUT2D eigenvalue weighted by Gasteiger charge is -2.28. The van der Waals surface area contributed by atoms with E-state index < -0.39 is 0 Å². The second kappa shape index (κ2) is 10.6. The highest BCUT2D eigenvalue weighted by atomic mass is 32.2. The number of hydrogen-bond donors (Lipinski definition) is 0. The van der Waals surface area contributed by atoms with Gasteiger partial charge < -0.3 is 18.9 Å². The van der Waals surface area contributed by atoms with Gasteiger partial charge in [-0.05, 0) is 57.4 Å². The molecular weight excluding hydrogens is 462 g/mol. The van der Waals surface area contributed by atoms with Gasteiger partial charge in [0.1, 0.15) is 0 Å². The Morgan fingerprint density at radius 3 is 2.69 bits per heavy atom. The number of carbonyl (C=O) groups excluding carboxylic acids is 1. The van der Waals surface area contributed by atoms with Gasteiger partial charge in [0.2, 0.25) is 5.95 Å². The zero-order valence-corrected chi connectivity index (χ0v) is 21.5. The largest absolute Gasteiger partial charge is 0.378 e. The second-order valence-electron chi connectivity index (χ2n) is 9.30. The van der Waals surface area contributed by atoms with Crippen LogP contribution in [0.15, 0.2) is 35.5 Å². The Labute approximate surface area is 210 Å². The Hall–Kier alpha value is -2.62. The zero-order chi connectivity index (χ0) is 24.4. The number of ether oxygens (including phenoxy) is 2. The molecule has 9 heteroatoms. The van der Waals surface area contributed by atoms with Crippen molar-refractivity contribution in [3.8, 4) is 5.69 Å². The van der Waals surface area contributed by atoms with Gasteiger partial charge in [-0.2, -0.15) is 0 Å². The quantitative estimate of drug-likeness (QED) is 0.346. The fourth-order valence-corrected chi connectivity index (χ4v) is 5.71. The van der Waals surface area contributed by atoms with Gasteiger partial charge in [-0.15, -0.1) is 10.2 Å². The summed E-state index contributed by atoms with van der Waals surface area (Å²) in [4.78, 5) is 15.5. The minimum absolute atomic E-state index is 0.105. The molecule has 35 heavy (non-hydrogen) atoms. The average molecular weight is 496 g/mol. The van der Waals surface area contributed by atoms with Gasteiger partial charge in [-0.1, -0.05) is 23.9 Å². The highest BCUT2D eigenvalue weighted by Gasteiger charge is 2.24. The number of aryl methyl sites for hydroxylation is 2. The van der Waals surface area contributed by atoms with Gasteiger partial charge >= 0.3 is 0 Å². The van der Waals surface area contributed by atoms with Crippen molar-refractivity contribution in [3.05, 3.63) is 52.8 Å². The lowest BCUT2D eigenvalue weighted by molar-refractivity contribution is 0.0957. The molecule has 0 aliphatic carbocycles. The van der Waals surface area contributed by atoms with Crippen molar-refractivity contribution >= 4 is 23.5 Å². The maximum absolute atomic E-state index is 13.3. The van der Waals surface area contributed by atoms with Crippen LogP contribution < -0.4 is 4.90 Å². The highest BCUT2D eigenvalue weighted by Crippen LogP contribution is 2.29. The monoisotopic (exact) mass is 495 g/mol. The molecule has 0 bridgehead atoms. The summed E-state index contributed by atoms with van der Waals surface area (Å²) in [5, 5.41) is 9.74. The Morgan fingerprint density at radius 1 is 1.11 bits per heavy atom. The molecular formula is C26H33N5O3S. The SMILES string of the molecule is Cc1cccc(-n2c(SCC(=O)c3cc(C)n(CC4CCCO4)c3C)nnc2N2CCOCC2)c1. The number of hydrogen-bond acceptors (Lipinski definition) is 7. The van der Waals surface area contributed by atoms with E-state index in [2.05, 4.69) is 56.3 Å². The molecule has 2 aliphatic heterocycles. The normalized spacial score (nSPS) is 18.4. The van der Waals surface area contributed by atoms with E-state index in [9.17, 15) is 4.79 Å². The van der Waals surface area contributed by atoms with E-state index in [0.29, 0.717) is 19.0 Å². The van der Waals surface area contributed by atoms with Crippen molar-refractivity contribution < 1.29 is 14.3 Å². The van der Waals surface area contributed by atoms with Crippen LogP contribution in [0.5, 0.6) is 0 Å². The molecule has 1 unspecified atom stereocenters. The van der Waals surface area contributed by atoms with Crippen LogP contribution >= 0.6 is 11.8 Å². The molecule has 0 spiro atoms. The van der Waals surface area contributed by atoms with Crippen LogP contribution in [0.1, 0.15) is 40.2 Å². The van der Waals surface area contributed by atoms with Gasteiger partial charge in [0, 0.05) is 43.2 Å². The summed E-state index contributed by atoms with van der Waals surface area (Å²) in [5.41, 5.74) is 5.06. The molecule has 0 radical (unpaired) electrons. The van der Waals surface area contributed by atoms with Gasteiger partial charge in [-0.25, -0.2) is 0 Å². The van der Waals surface area contributed by atoms with Crippen LogP contribution in [0.2, 0.25) is 0 Å². The highest BCUT2D eigenvalue weighted by molar-refractivity contribution is 7.99. The number of ketones is 1. The second-order valence-corrected chi connectivity index (χ2v) is 10.2. The van der Waals surface area contributed by atoms with Crippen LogP contribution in [0.4, 0.5) is 5.95 Å². The summed E-state index contributed by atoms with van der Waals surface area (Å²) in [6.45, 7) is 10.7. The Kier molecular flexibility index (Phi) is 7.27. The standard InChI is InChI=1S/C26H33N5O3S/c1-18-6-4-7-21(14-18)31-25(29-9-12-33-13-10-29)27-28-26(31)35-17-24(32)23-15-19(2)30(20(23)3)16-22-8-5-11-34-22/h4,6-7,14-15,22H,5,8-13,16-17H2,1-3H3. The lowest BCUT2D eigenvalue weighted by Crippen LogP contribution is -2.37. The van der Waals surface area contributed by atoms with Gasteiger partial charge in [0.05, 0.1) is 30.8 Å².